The van der Waals surface area contributed by atoms with Crippen molar-refractivity contribution in [3.05, 3.63) is 35.4 Å². The number of piperidine rings is 2. The molecule has 1 spiro atoms. The Bertz CT molecular complexity index is 921. The highest BCUT2D eigenvalue weighted by Crippen LogP contribution is 2.79. The third kappa shape index (κ3) is 2.13. The number of carbonyl (C=O) groups excluding carboxylic acids is 3. The predicted molar refractivity (Wildman–Crippen MR) is 102 cm³/mol. The number of carbonyl (C=O) groups is 3. The maximum Gasteiger partial charge on any atom is 0.411 e. The first-order valence-electron chi connectivity index (χ1n) is 10.2. The molecule has 2 saturated carbocycles. The number of nitrogens with zero attached hydrogens (tertiary/aromatic N) is 2. The highest BCUT2D eigenvalue weighted by Gasteiger charge is 2.87. The standard InChI is InChI=1S/C22H25FN2O4/c1-12-21-9-15(23)16(10-21)25(19(28)29-20(2,3)4)22(12,21)11-24-17(26)13-7-5-6-8-14(13)18(24)27/h5-8,12,15-16H,9-11H2,1-4H3/t12-,15+,16?,21+,22?/m0/s1. The molecule has 2 unspecified atom stereocenters. The van der Waals surface area contributed by atoms with Crippen molar-refractivity contribution in [2.45, 2.75) is 63.9 Å². The first-order valence-corrected chi connectivity index (χ1v) is 10.2. The van der Waals surface area contributed by atoms with Crippen LogP contribution in [0.2, 0.25) is 0 Å². The molecule has 5 rings (SSSR count). The van der Waals surface area contributed by atoms with Gasteiger partial charge in [-0.15, -0.1) is 0 Å². The smallest absolute Gasteiger partial charge is 0.411 e. The number of alkyl halides is 1. The van der Waals surface area contributed by atoms with Gasteiger partial charge in [-0.05, 0) is 51.7 Å². The summed E-state index contributed by atoms with van der Waals surface area (Å²) < 4.78 is 20.4. The van der Waals surface area contributed by atoms with Gasteiger partial charge in [0, 0.05) is 5.41 Å². The Hall–Kier alpha value is -2.44. The van der Waals surface area contributed by atoms with Gasteiger partial charge in [-0.1, -0.05) is 19.1 Å². The van der Waals surface area contributed by atoms with E-state index in [4.69, 9.17) is 4.74 Å². The van der Waals surface area contributed by atoms with E-state index >= 15 is 0 Å². The fourth-order valence-corrected chi connectivity index (χ4v) is 6.25. The second-order valence-electron chi connectivity index (χ2n) is 9.89. The summed E-state index contributed by atoms with van der Waals surface area (Å²) in [5.74, 6) is -0.709. The topological polar surface area (TPSA) is 66.9 Å². The number of benzene rings is 1. The molecule has 1 aromatic rings. The molecular weight excluding hydrogens is 375 g/mol. The average molecular weight is 400 g/mol. The molecule has 6 nitrogen and oxygen atoms in total. The van der Waals surface area contributed by atoms with Crippen LogP contribution in [0.5, 0.6) is 0 Å². The van der Waals surface area contributed by atoms with Gasteiger partial charge < -0.3 is 4.74 Å². The Kier molecular flexibility index (Phi) is 3.44. The van der Waals surface area contributed by atoms with Gasteiger partial charge in [-0.25, -0.2) is 9.18 Å². The van der Waals surface area contributed by atoms with Gasteiger partial charge in [0.2, 0.25) is 0 Å². The van der Waals surface area contributed by atoms with Crippen molar-refractivity contribution in [2.24, 2.45) is 11.3 Å². The molecule has 154 valence electrons. The zero-order chi connectivity index (χ0) is 20.9. The highest BCUT2D eigenvalue weighted by molar-refractivity contribution is 6.21. The molecule has 5 atom stereocenters. The predicted octanol–water partition coefficient (Wildman–Crippen LogP) is 3.41. The lowest BCUT2D eigenvalue weighted by Crippen LogP contribution is -2.58. The lowest BCUT2D eigenvalue weighted by Gasteiger charge is -2.40. The molecule has 3 fully saturated rings. The van der Waals surface area contributed by atoms with Gasteiger partial charge in [0.05, 0.1) is 29.3 Å². The van der Waals surface area contributed by atoms with Crippen LogP contribution < -0.4 is 0 Å². The van der Waals surface area contributed by atoms with E-state index in [1.54, 1.807) is 45.0 Å². The fourth-order valence-electron chi connectivity index (χ4n) is 6.25. The Morgan fingerprint density at radius 3 is 2.31 bits per heavy atom. The molecule has 2 bridgehead atoms. The van der Waals surface area contributed by atoms with E-state index in [1.807, 2.05) is 6.92 Å². The van der Waals surface area contributed by atoms with Gasteiger partial charge in [-0.2, -0.15) is 0 Å². The number of ether oxygens (including phenoxy) is 1. The molecule has 29 heavy (non-hydrogen) atoms. The van der Waals surface area contributed by atoms with Crippen molar-refractivity contribution in [2.75, 3.05) is 6.54 Å². The Labute approximate surface area is 169 Å². The van der Waals surface area contributed by atoms with Crippen LogP contribution in [0.3, 0.4) is 0 Å². The molecule has 0 N–H and O–H groups in total. The van der Waals surface area contributed by atoms with E-state index in [2.05, 4.69) is 0 Å². The van der Waals surface area contributed by atoms with E-state index in [0.29, 0.717) is 24.0 Å². The number of fused-ring (bicyclic) bond motifs is 2. The number of likely N-dealkylation sites (tertiary alicyclic amines) is 1. The normalized spacial score (nSPS) is 37.1. The molecule has 1 saturated heterocycles. The second kappa shape index (κ2) is 5.37. The molecule has 0 radical (unpaired) electrons. The van der Waals surface area contributed by atoms with E-state index < -0.39 is 34.9 Å². The van der Waals surface area contributed by atoms with Gasteiger partial charge in [-0.3, -0.25) is 19.4 Å². The van der Waals surface area contributed by atoms with Crippen LogP contribution in [0.15, 0.2) is 24.3 Å². The van der Waals surface area contributed by atoms with E-state index in [1.165, 1.54) is 9.80 Å². The van der Waals surface area contributed by atoms with Crippen LogP contribution in [0.4, 0.5) is 9.18 Å². The van der Waals surface area contributed by atoms with Gasteiger partial charge in [0.15, 0.2) is 0 Å². The van der Waals surface area contributed by atoms with E-state index in [-0.39, 0.29) is 24.3 Å². The van der Waals surface area contributed by atoms with Crippen LogP contribution in [-0.2, 0) is 4.74 Å². The SMILES string of the molecule is C[C@@H]1C2(CN3C(=O)c4ccccc4C3=O)N(C(=O)OC(C)(C)C)C3C[C@]12C[C@H]3F. The minimum Gasteiger partial charge on any atom is -0.444 e. The van der Waals surface area contributed by atoms with Crippen molar-refractivity contribution in [1.29, 1.82) is 0 Å². The highest BCUT2D eigenvalue weighted by atomic mass is 19.1. The van der Waals surface area contributed by atoms with Crippen LogP contribution in [0.1, 0.15) is 61.3 Å². The summed E-state index contributed by atoms with van der Waals surface area (Å²) in [6.07, 6.45) is -0.755. The quantitative estimate of drug-likeness (QED) is 0.714. The number of rotatable bonds is 2. The molecule has 7 heteroatoms. The van der Waals surface area contributed by atoms with Crippen LogP contribution in [0, 0.1) is 11.3 Å². The fraction of sp³-hybridized carbons (Fsp3) is 0.591. The summed E-state index contributed by atoms with van der Waals surface area (Å²) >= 11 is 0. The molecule has 3 amide bonds. The third-order valence-electron chi connectivity index (χ3n) is 7.50. The minimum atomic E-state index is -1.11. The van der Waals surface area contributed by atoms with E-state index in [9.17, 15) is 18.8 Å². The lowest BCUT2D eigenvalue weighted by molar-refractivity contribution is -0.0152. The summed E-state index contributed by atoms with van der Waals surface area (Å²) in [6.45, 7) is 7.39. The van der Waals surface area contributed by atoms with Crippen LogP contribution >= 0.6 is 0 Å². The number of hydrogen-bond acceptors (Lipinski definition) is 4. The molecule has 0 aromatic heterocycles. The Balaban J connectivity index is 1.51. The maximum atomic E-state index is 14.8. The Morgan fingerprint density at radius 1 is 1.17 bits per heavy atom. The molecule has 4 aliphatic rings. The lowest BCUT2D eigenvalue weighted by atomic mass is 9.97. The molecule has 2 heterocycles. The molecular formula is C22H25FN2O4. The average Bonchev–Trinajstić information content (AvgIpc) is 2.96. The number of imide groups is 1. The molecule has 2 aliphatic heterocycles. The second-order valence-corrected chi connectivity index (χ2v) is 9.89. The van der Waals surface area contributed by atoms with Gasteiger partial charge in [0.1, 0.15) is 11.8 Å². The molecule has 2 aliphatic carbocycles. The number of amides is 3. The first kappa shape index (κ1) is 18.6. The third-order valence-corrected chi connectivity index (χ3v) is 7.50. The Morgan fingerprint density at radius 2 is 1.76 bits per heavy atom. The molecule has 1 aromatic carbocycles. The van der Waals surface area contributed by atoms with E-state index in [0.717, 1.165) is 0 Å². The van der Waals surface area contributed by atoms with Gasteiger partial charge in [0.25, 0.3) is 11.8 Å². The summed E-state index contributed by atoms with van der Waals surface area (Å²) in [4.78, 5) is 41.7. The minimum absolute atomic E-state index is 0.0103. The van der Waals surface area contributed by atoms with Crippen LogP contribution in [0.25, 0.3) is 0 Å². The van der Waals surface area contributed by atoms with Crippen molar-refractivity contribution < 1.29 is 23.5 Å². The number of halogens is 1. The monoisotopic (exact) mass is 400 g/mol. The van der Waals surface area contributed by atoms with Gasteiger partial charge >= 0.3 is 6.09 Å². The summed E-state index contributed by atoms with van der Waals surface area (Å²) in [7, 11) is 0. The first-order chi connectivity index (χ1) is 13.5. The largest absolute Gasteiger partial charge is 0.444 e. The zero-order valence-corrected chi connectivity index (χ0v) is 17.1. The van der Waals surface area contributed by atoms with Crippen LogP contribution in [-0.4, -0.2) is 57.6 Å². The number of hydrogen-bond donors (Lipinski definition) is 0. The summed E-state index contributed by atoms with van der Waals surface area (Å²) in [5.41, 5.74) is -1.11. The van der Waals surface area contributed by atoms with Crippen molar-refractivity contribution >= 4 is 17.9 Å². The van der Waals surface area contributed by atoms with Crippen molar-refractivity contribution in [3.8, 4) is 0 Å². The summed E-state index contributed by atoms with van der Waals surface area (Å²) in [6, 6.07) is 6.18. The van der Waals surface area contributed by atoms with Crippen molar-refractivity contribution in [3.63, 3.8) is 0 Å². The van der Waals surface area contributed by atoms with Crippen molar-refractivity contribution in [1.82, 2.24) is 9.80 Å². The summed E-state index contributed by atoms with van der Waals surface area (Å²) in [5, 5.41) is 0. The maximum absolute atomic E-state index is 14.8. The zero-order valence-electron chi connectivity index (χ0n) is 17.1.